The van der Waals surface area contributed by atoms with Crippen LogP contribution in [0.1, 0.15) is 32.6 Å². The van der Waals surface area contributed by atoms with Gasteiger partial charge in [0.05, 0.1) is 5.92 Å². The number of anilines is 1. The van der Waals surface area contributed by atoms with Crippen LogP contribution in [0.2, 0.25) is 0 Å². The van der Waals surface area contributed by atoms with Crippen molar-refractivity contribution in [2.45, 2.75) is 44.7 Å². The highest BCUT2D eigenvalue weighted by atomic mass is 32.1. The van der Waals surface area contributed by atoms with Crippen LogP contribution in [0.3, 0.4) is 0 Å². The molecule has 128 valence electrons. The summed E-state index contributed by atoms with van der Waals surface area (Å²) in [5.41, 5.74) is 0.939. The maximum Gasteiger partial charge on any atom is 0.302 e. The minimum absolute atomic E-state index is 0.00747. The summed E-state index contributed by atoms with van der Waals surface area (Å²) < 4.78 is 5.14. The van der Waals surface area contributed by atoms with E-state index in [2.05, 4.69) is 10.2 Å². The second-order valence-corrected chi connectivity index (χ2v) is 6.82. The highest BCUT2D eigenvalue weighted by molar-refractivity contribution is 7.80. The first kappa shape index (κ1) is 16.9. The van der Waals surface area contributed by atoms with Crippen molar-refractivity contribution in [2.75, 3.05) is 11.9 Å². The number of hydrogen-bond donors (Lipinski definition) is 1. The van der Waals surface area contributed by atoms with Crippen LogP contribution >= 0.6 is 12.2 Å². The molecule has 0 aliphatic carbocycles. The number of benzene rings is 1. The van der Waals surface area contributed by atoms with Crippen LogP contribution in [-0.4, -0.2) is 40.5 Å². The molecule has 5 nitrogen and oxygen atoms in total. The van der Waals surface area contributed by atoms with E-state index in [0.717, 1.165) is 24.9 Å². The predicted molar refractivity (Wildman–Crippen MR) is 95.7 cm³/mol. The number of carbonyl (C=O) groups is 2. The summed E-state index contributed by atoms with van der Waals surface area (Å²) >= 11 is 5.63. The molecule has 2 aliphatic rings. The zero-order chi connectivity index (χ0) is 17.1. The summed E-state index contributed by atoms with van der Waals surface area (Å²) in [6.45, 7) is 1.52. The lowest BCUT2D eigenvalue weighted by Gasteiger charge is -2.50. The largest absolute Gasteiger partial charge is 0.465 e. The first-order chi connectivity index (χ1) is 11.6. The molecule has 1 aromatic carbocycles. The molecule has 24 heavy (non-hydrogen) atoms. The number of hydrogen-bond acceptors (Lipinski definition) is 4. The van der Waals surface area contributed by atoms with Crippen LogP contribution in [-0.2, 0) is 14.3 Å². The standard InChI is InChI=1S/C18H22N2O3S/c1-12(21)23-11-15-16-9-5-8-14(10-17(15)22)20(16)18(24)19-13-6-3-2-4-7-13/h2-4,6-7,14-16H,5,8-11H2,1H3,(H,19,24)/t14-,15-,16+/m1/s1. The molecule has 0 unspecified atom stereocenters. The number of ketones is 1. The number of nitrogens with zero attached hydrogens (tertiary/aromatic N) is 1. The van der Waals surface area contributed by atoms with Crippen molar-refractivity contribution in [1.82, 2.24) is 4.90 Å². The summed E-state index contributed by atoms with van der Waals surface area (Å²) in [6, 6.07) is 9.95. The quantitative estimate of drug-likeness (QED) is 0.671. The van der Waals surface area contributed by atoms with E-state index in [9.17, 15) is 9.59 Å². The van der Waals surface area contributed by atoms with Gasteiger partial charge in [0.25, 0.3) is 0 Å². The van der Waals surface area contributed by atoms with Crippen LogP contribution in [0.15, 0.2) is 30.3 Å². The molecule has 0 spiro atoms. The normalized spacial score (nSPS) is 26.0. The van der Waals surface area contributed by atoms with Gasteiger partial charge >= 0.3 is 5.97 Å². The minimum atomic E-state index is -0.350. The minimum Gasteiger partial charge on any atom is -0.465 e. The van der Waals surface area contributed by atoms with Crippen molar-refractivity contribution in [3.63, 3.8) is 0 Å². The Morgan fingerprint density at radius 3 is 2.79 bits per heavy atom. The van der Waals surface area contributed by atoms with E-state index in [0.29, 0.717) is 11.5 Å². The van der Waals surface area contributed by atoms with E-state index in [1.165, 1.54) is 6.92 Å². The number of para-hydroxylation sites is 1. The lowest BCUT2D eigenvalue weighted by Crippen LogP contribution is -2.61. The number of nitrogens with one attached hydrogen (secondary N) is 1. The fourth-order valence-corrected chi connectivity index (χ4v) is 4.14. The van der Waals surface area contributed by atoms with Gasteiger partial charge in [-0.05, 0) is 43.6 Å². The van der Waals surface area contributed by atoms with Gasteiger partial charge < -0.3 is 15.0 Å². The Hall–Kier alpha value is -1.95. The first-order valence-corrected chi connectivity index (χ1v) is 8.77. The SMILES string of the molecule is CC(=O)OC[C@H]1C(=O)C[C@H]2CCC[C@@H]1N2C(=S)Nc1ccccc1. The molecule has 3 atom stereocenters. The van der Waals surface area contributed by atoms with Crippen LogP contribution in [0.5, 0.6) is 0 Å². The summed E-state index contributed by atoms with van der Waals surface area (Å²) in [7, 11) is 0. The highest BCUT2D eigenvalue weighted by Crippen LogP contribution is 2.36. The maximum absolute atomic E-state index is 12.5. The first-order valence-electron chi connectivity index (χ1n) is 8.36. The monoisotopic (exact) mass is 346 g/mol. The molecular formula is C18H22N2O3S. The molecule has 1 N–H and O–H groups in total. The van der Waals surface area contributed by atoms with Crippen molar-refractivity contribution in [2.24, 2.45) is 5.92 Å². The number of carbonyl (C=O) groups excluding carboxylic acids is 2. The van der Waals surface area contributed by atoms with E-state index in [-0.39, 0.29) is 36.4 Å². The van der Waals surface area contributed by atoms with Crippen LogP contribution in [0.25, 0.3) is 0 Å². The number of thiocarbonyl (C=S) groups is 1. The fourth-order valence-electron chi connectivity index (χ4n) is 3.74. The van der Waals surface area contributed by atoms with E-state index in [1.807, 2.05) is 30.3 Å². The Labute approximate surface area is 147 Å². The number of esters is 1. The van der Waals surface area contributed by atoms with Crippen molar-refractivity contribution in [3.8, 4) is 0 Å². The van der Waals surface area contributed by atoms with Gasteiger partial charge in [0.15, 0.2) is 5.11 Å². The molecule has 0 aromatic heterocycles. The summed E-state index contributed by atoms with van der Waals surface area (Å²) in [6.07, 6.45) is 3.41. The molecule has 2 saturated heterocycles. The molecule has 2 aliphatic heterocycles. The molecule has 3 rings (SSSR count). The molecule has 2 fully saturated rings. The van der Waals surface area contributed by atoms with Gasteiger partial charge in [-0.2, -0.15) is 0 Å². The van der Waals surface area contributed by atoms with E-state index >= 15 is 0 Å². The summed E-state index contributed by atoms with van der Waals surface area (Å²) in [5.74, 6) is -0.456. The van der Waals surface area contributed by atoms with Gasteiger partial charge in [0.1, 0.15) is 12.4 Å². The number of ether oxygens (including phenoxy) is 1. The smallest absolute Gasteiger partial charge is 0.302 e. The third-order valence-corrected chi connectivity index (χ3v) is 5.14. The number of fused-ring (bicyclic) bond motifs is 2. The third-order valence-electron chi connectivity index (χ3n) is 4.83. The molecular weight excluding hydrogens is 324 g/mol. The Morgan fingerprint density at radius 1 is 1.33 bits per heavy atom. The van der Waals surface area contributed by atoms with Gasteiger partial charge in [-0.15, -0.1) is 0 Å². The topological polar surface area (TPSA) is 58.6 Å². The van der Waals surface area contributed by atoms with Crippen LogP contribution in [0, 0.1) is 5.92 Å². The lowest BCUT2D eigenvalue weighted by atomic mass is 9.77. The average Bonchev–Trinajstić information content (AvgIpc) is 2.54. The van der Waals surface area contributed by atoms with Crippen molar-refractivity contribution in [1.29, 1.82) is 0 Å². The van der Waals surface area contributed by atoms with E-state index in [1.54, 1.807) is 0 Å². The lowest BCUT2D eigenvalue weighted by molar-refractivity contribution is -0.147. The number of Topliss-reactive ketones (excluding diaryl/α,β-unsaturated/α-hetero) is 1. The maximum atomic E-state index is 12.5. The van der Waals surface area contributed by atoms with Gasteiger partial charge in [-0.3, -0.25) is 9.59 Å². The van der Waals surface area contributed by atoms with Crippen molar-refractivity contribution >= 4 is 34.8 Å². The zero-order valence-electron chi connectivity index (χ0n) is 13.7. The van der Waals surface area contributed by atoms with Crippen LogP contribution in [0.4, 0.5) is 5.69 Å². The number of piperidine rings is 2. The third kappa shape index (κ3) is 3.59. The van der Waals surface area contributed by atoms with E-state index in [4.69, 9.17) is 17.0 Å². The molecule has 0 amide bonds. The van der Waals surface area contributed by atoms with Crippen LogP contribution < -0.4 is 5.32 Å². The second-order valence-electron chi connectivity index (χ2n) is 6.44. The Kier molecular flexibility index (Phi) is 5.14. The number of rotatable bonds is 3. The van der Waals surface area contributed by atoms with Crippen molar-refractivity contribution < 1.29 is 14.3 Å². The Morgan fingerprint density at radius 2 is 2.08 bits per heavy atom. The summed E-state index contributed by atoms with van der Waals surface area (Å²) in [5, 5.41) is 3.93. The van der Waals surface area contributed by atoms with Gasteiger partial charge in [-0.1, -0.05) is 18.2 Å². The second kappa shape index (κ2) is 7.30. The fraction of sp³-hybridized carbons (Fsp3) is 0.500. The molecule has 2 heterocycles. The average molecular weight is 346 g/mol. The Bertz CT molecular complexity index is 634. The molecule has 0 saturated carbocycles. The van der Waals surface area contributed by atoms with Crippen molar-refractivity contribution in [3.05, 3.63) is 30.3 Å². The molecule has 6 heteroatoms. The molecule has 0 radical (unpaired) electrons. The van der Waals surface area contributed by atoms with Gasteiger partial charge in [0, 0.05) is 31.1 Å². The highest BCUT2D eigenvalue weighted by Gasteiger charge is 2.45. The predicted octanol–water partition coefficient (Wildman–Crippen LogP) is 2.76. The van der Waals surface area contributed by atoms with Gasteiger partial charge in [0.2, 0.25) is 0 Å². The van der Waals surface area contributed by atoms with E-state index < -0.39 is 0 Å². The van der Waals surface area contributed by atoms with Gasteiger partial charge in [-0.25, -0.2) is 0 Å². The molecule has 2 bridgehead atoms. The zero-order valence-corrected chi connectivity index (χ0v) is 14.6. The summed E-state index contributed by atoms with van der Waals surface area (Å²) in [4.78, 5) is 25.8. The Balaban J connectivity index is 1.76. The molecule has 1 aromatic rings.